The second kappa shape index (κ2) is 13.4. The molecule has 12 nitrogen and oxygen atoms in total. The number of anilines is 1. The number of rotatable bonds is 13. The van der Waals surface area contributed by atoms with Crippen molar-refractivity contribution in [2.75, 3.05) is 19.0 Å². The summed E-state index contributed by atoms with van der Waals surface area (Å²) in [4.78, 5) is 34.6. The van der Waals surface area contributed by atoms with Gasteiger partial charge in [-0.15, -0.1) is 0 Å². The van der Waals surface area contributed by atoms with Gasteiger partial charge in [0.1, 0.15) is 10.3 Å². The maximum absolute atomic E-state index is 13.8. The van der Waals surface area contributed by atoms with Gasteiger partial charge < -0.3 is 15.2 Å². The molecular weight excluding hydrogens is 605 g/mol. The zero-order valence-electron chi connectivity index (χ0n) is 24.8. The minimum atomic E-state index is -4.10. The van der Waals surface area contributed by atoms with Gasteiger partial charge in [-0.05, 0) is 56.0 Å². The Hall–Kier alpha value is -3.88. The summed E-state index contributed by atoms with van der Waals surface area (Å²) in [6.07, 6.45) is 4.62. The van der Waals surface area contributed by atoms with E-state index in [1.54, 1.807) is 44.2 Å². The largest absolute Gasteiger partial charge is 0.481 e. The van der Waals surface area contributed by atoms with Crippen molar-refractivity contribution in [2.24, 2.45) is 5.92 Å². The summed E-state index contributed by atoms with van der Waals surface area (Å²) < 4.78 is 34.0. The predicted molar refractivity (Wildman–Crippen MR) is 166 cm³/mol. The molecule has 0 saturated heterocycles. The second-order valence-corrected chi connectivity index (χ2v) is 14.0. The first-order valence-electron chi connectivity index (χ1n) is 14.5. The van der Waals surface area contributed by atoms with Crippen LogP contribution in [-0.2, 0) is 19.6 Å². The van der Waals surface area contributed by atoms with E-state index in [0.717, 1.165) is 35.7 Å². The van der Waals surface area contributed by atoms with E-state index in [0.29, 0.717) is 45.0 Å². The zero-order chi connectivity index (χ0) is 31.4. The molecular formula is C30H36N6O6S2. The van der Waals surface area contributed by atoms with Crippen molar-refractivity contribution in [2.45, 2.75) is 69.2 Å². The van der Waals surface area contributed by atoms with Crippen molar-refractivity contribution in [3.05, 3.63) is 59.4 Å². The van der Waals surface area contributed by atoms with E-state index in [4.69, 9.17) is 4.74 Å². The summed E-state index contributed by atoms with van der Waals surface area (Å²) in [7, 11) is -2.56. The first-order valence-corrected chi connectivity index (χ1v) is 16.8. The van der Waals surface area contributed by atoms with Crippen LogP contribution in [0.4, 0.5) is 5.13 Å². The Morgan fingerprint density at radius 3 is 2.52 bits per heavy atom. The molecule has 1 aromatic carbocycles. The molecule has 4 aromatic rings. The Morgan fingerprint density at radius 2 is 1.89 bits per heavy atom. The minimum Gasteiger partial charge on any atom is -0.481 e. The number of carboxylic acids is 1. The number of sulfonamides is 1. The molecule has 5 rings (SSSR count). The van der Waals surface area contributed by atoms with Crippen molar-refractivity contribution in [3.8, 4) is 5.88 Å². The van der Waals surface area contributed by atoms with Crippen LogP contribution >= 0.6 is 11.3 Å². The molecule has 1 fully saturated rings. The van der Waals surface area contributed by atoms with Crippen molar-refractivity contribution in [3.63, 3.8) is 0 Å². The first kappa shape index (κ1) is 31.5. The highest BCUT2D eigenvalue weighted by Gasteiger charge is 2.33. The minimum absolute atomic E-state index is 0.0111. The summed E-state index contributed by atoms with van der Waals surface area (Å²) >= 11 is 1.26. The van der Waals surface area contributed by atoms with Gasteiger partial charge in [0.05, 0.1) is 36.1 Å². The van der Waals surface area contributed by atoms with Gasteiger partial charge in [0, 0.05) is 18.3 Å². The fourth-order valence-corrected chi connectivity index (χ4v) is 8.11. The number of benzene rings is 1. The highest BCUT2D eigenvalue weighted by molar-refractivity contribution is 7.89. The van der Waals surface area contributed by atoms with Gasteiger partial charge in [0.2, 0.25) is 21.8 Å². The molecule has 0 spiro atoms. The molecule has 1 aliphatic rings. The summed E-state index contributed by atoms with van der Waals surface area (Å²) in [6.45, 7) is 3.27. The Kier molecular flexibility index (Phi) is 9.61. The lowest BCUT2D eigenvalue weighted by Gasteiger charge is -2.27. The van der Waals surface area contributed by atoms with Crippen molar-refractivity contribution >= 4 is 48.7 Å². The van der Waals surface area contributed by atoms with Crippen LogP contribution in [0.2, 0.25) is 0 Å². The lowest BCUT2D eigenvalue weighted by atomic mass is 9.87. The number of nitrogens with one attached hydrogen (secondary N) is 2. The van der Waals surface area contributed by atoms with Crippen LogP contribution in [0.5, 0.6) is 5.88 Å². The van der Waals surface area contributed by atoms with Crippen molar-refractivity contribution < 1.29 is 27.9 Å². The monoisotopic (exact) mass is 640 g/mol. The van der Waals surface area contributed by atoms with Crippen molar-refractivity contribution in [1.82, 2.24) is 24.5 Å². The average Bonchev–Trinajstić information content (AvgIpc) is 3.76. The number of aryl methyl sites for hydroxylation is 1. The molecule has 1 amide bonds. The van der Waals surface area contributed by atoms with Gasteiger partial charge >= 0.3 is 5.97 Å². The molecule has 1 unspecified atom stereocenters. The van der Waals surface area contributed by atoms with E-state index in [2.05, 4.69) is 25.5 Å². The smallest absolute Gasteiger partial charge is 0.304 e. The number of methoxy groups -OCH3 is 1. The third kappa shape index (κ3) is 7.08. The molecule has 0 radical (unpaired) electrons. The number of fused-ring (bicyclic) bond motifs is 1. The number of amides is 1. The van der Waals surface area contributed by atoms with Crippen LogP contribution in [0.25, 0.3) is 10.3 Å². The molecule has 3 N–H and O–H groups in total. The highest BCUT2D eigenvalue weighted by Crippen LogP contribution is 2.36. The van der Waals surface area contributed by atoms with Gasteiger partial charge in [0.15, 0.2) is 5.13 Å². The standard InChI is InChI=1S/C30H36N6O6S2/c1-18-16-25(35-34-18)19(2)36(15-14-27(37)38)44(40,41)22-10-8-21(9-11-22)23(17-20-6-4-5-7-20)28(39)33-30-31-24-12-13-26(42-3)32-29(24)43-30/h8-13,16,19-20,23H,4-7,14-15,17H2,1-3H3,(H,34,35)(H,37,38)(H,31,33,39)/t19?,23-/m1/s1. The van der Waals surface area contributed by atoms with Gasteiger partial charge in [-0.1, -0.05) is 49.2 Å². The van der Waals surface area contributed by atoms with E-state index in [1.165, 1.54) is 30.6 Å². The average molecular weight is 641 g/mol. The normalized spacial score (nSPS) is 15.5. The molecule has 234 valence electrons. The Labute approximate surface area is 259 Å². The van der Waals surface area contributed by atoms with Gasteiger partial charge in [-0.3, -0.25) is 14.7 Å². The first-order chi connectivity index (χ1) is 21.0. The second-order valence-electron chi connectivity index (χ2n) is 11.1. The van der Waals surface area contributed by atoms with Crippen molar-refractivity contribution in [1.29, 1.82) is 0 Å². The van der Waals surface area contributed by atoms with Gasteiger partial charge in [-0.2, -0.15) is 9.40 Å². The topological polar surface area (TPSA) is 167 Å². The van der Waals surface area contributed by atoms with E-state index >= 15 is 0 Å². The predicted octanol–water partition coefficient (Wildman–Crippen LogP) is 5.26. The van der Waals surface area contributed by atoms with Gasteiger partial charge in [0.25, 0.3) is 0 Å². The SMILES string of the molecule is COc1ccc2nc(NC(=O)[C@H](CC3CCCC3)c3ccc(S(=O)(=O)N(CCC(=O)O)C(C)c4cc(C)[nH]n4)cc3)sc2n1. The number of ether oxygens (including phenoxy) is 1. The number of aromatic amines is 1. The molecule has 3 aromatic heterocycles. The molecule has 3 heterocycles. The van der Waals surface area contributed by atoms with E-state index in [1.807, 2.05) is 0 Å². The number of hydrogen-bond acceptors (Lipinski definition) is 9. The molecule has 0 aliphatic heterocycles. The molecule has 2 atom stereocenters. The lowest BCUT2D eigenvalue weighted by molar-refractivity contribution is -0.137. The highest BCUT2D eigenvalue weighted by atomic mass is 32.2. The fourth-order valence-electron chi connectivity index (χ4n) is 5.67. The molecule has 44 heavy (non-hydrogen) atoms. The molecule has 1 aliphatic carbocycles. The van der Waals surface area contributed by atoms with Crippen LogP contribution in [0.15, 0.2) is 47.4 Å². The number of carboxylic acid groups (broad SMARTS) is 1. The van der Waals surface area contributed by atoms with E-state index < -0.39 is 28.0 Å². The third-order valence-corrected chi connectivity index (χ3v) is 10.9. The molecule has 1 saturated carbocycles. The number of H-pyrrole nitrogens is 1. The number of pyridine rings is 1. The molecule has 14 heteroatoms. The van der Waals surface area contributed by atoms with Crippen LogP contribution < -0.4 is 10.1 Å². The maximum atomic E-state index is 13.8. The number of aliphatic carboxylic acids is 1. The number of nitrogens with zero attached hydrogens (tertiary/aromatic N) is 4. The summed E-state index contributed by atoms with van der Waals surface area (Å²) in [5, 5.41) is 19.7. The van der Waals surface area contributed by atoms with Crippen LogP contribution in [0.3, 0.4) is 0 Å². The Bertz CT molecular complexity index is 1730. The van der Waals surface area contributed by atoms with Crippen LogP contribution in [-0.4, -0.2) is 63.5 Å². The van der Waals surface area contributed by atoms with Gasteiger partial charge in [-0.25, -0.2) is 18.4 Å². The van der Waals surface area contributed by atoms with Crippen LogP contribution in [0.1, 0.15) is 74.4 Å². The van der Waals surface area contributed by atoms with E-state index in [-0.39, 0.29) is 23.8 Å². The fraction of sp³-hybridized carbons (Fsp3) is 0.433. The summed E-state index contributed by atoms with van der Waals surface area (Å²) in [6, 6.07) is 10.9. The van der Waals surface area contributed by atoms with Crippen LogP contribution in [0, 0.1) is 12.8 Å². The lowest BCUT2D eigenvalue weighted by Crippen LogP contribution is -2.35. The number of aromatic nitrogens is 4. The number of thiazole rings is 1. The van der Waals surface area contributed by atoms with E-state index in [9.17, 15) is 23.1 Å². The zero-order valence-corrected chi connectivity index (χ0v) is 26.5. The quantitative estimate of drug-likeness (QED) is 0.177. The number of carbonyl (C=O) groups excluding carboxylic acids is 1. The Morgan fingerprint density at radius 1 is 1.16 bits per heavy atom. The molecule has 0 bridgehead atoms. The number of carbonyl (C=O) groups is 2. The maximum Gasteiger partial charge on any atom is 0.304 e. The number of hydrogen-bond donors (Lipinski definition) is 3. The summed E-state index contributed by atoms with van der Waals surface area (Å²) in [5.74, 6) is -0.985. The summed E-state index contributed by atoms with van der Waals surface area (Å²) in [5.41, 5.74) is 2.60. The third-order valence-electron chi connectivity index (χ3n) is 8.05. The Balaban J connectivity index is 1.41.